The summed E-state index contributed by atoms with van der Waals surface area (Å²) >= 11 is 0. The lowest BCUT2D eigenvalue weighted by molar-refractivity contribution is 0.415. The van der Waals surface area contributed by atoms with E-state index < -0.39 is 0 Å². The highest BCUT2D eigenvalue weighted by atomic mass is 19.1. The molecule has 0 fully saturated rings. The number of hydrogen-bond donors (Lipinski definition) is 1. The van der Waals surface area contributed by atoms with Gasteiger partial charge in [0.05, 0.1) is 18.5 Å². The first kappa shape index (κ1) is 12.2. The predicted octanol–water partition coefficient (Wildman–Crippen LogP) is 3.18. The Kier molecular flexibility index (Phi) is 3.37. The van der Waals surface area contributed by atoms with E-state index in [1.54, 1.807) is 25.3 Å². The average Bonchev–Trinajstić information content (AvgIpc) is 2.38. The maximum Gasteiger partial charge on any atom is 0.123 e. The van der Waals surface area contributed by atoms with E-state index in [-0.39, 0.29) is 5.82 Å². The fourth-order valence-electron chi connectivity index (χ4n) is 1.77. The molecule has 0 aliphatic carbocycles. The number of benzene rings is 2. The third kappa shape index (κ3) is 2.37. The smallest absolute Gasteiger partial charge is 0.123 e. The predicted molar refractivity (Wildman–Crippen MR) is 71.9 cm³/mol. The Balaban J connectivity index is 2.33. The standard InChI is InChI=1S/C14H15FN2O/c1-17(11-5-3-10(15)4-6-11)14-8-7-12(18-2)9-13(14)16/h3-9H,16H2,1-2H3. The molecule has 0 spiro atoms. The van der Waals surface area contributed by atoms with Crippen molar-refractivity contribution < 1.29 is 9.13 Å². The molecule has 0 amide bonds. The highest BCUT2D eigenvalue weighted by molar-refractivity contribution is 5.75. The van der Waals surface area contributed by atoms with Gasteiger partial charge in [-0.05, 0) is 36.4 Å². The van der Waals surface area contributed by atoms with Crippen LogP contribution in [0.15, 0.2) is 42.5 Å². The number of methoxy groups -OCH3 is 1. The van der Waals surface area contributed by atoms with Gasteiger partial charge >= 0.3 is 0 Å². The van der Waals surface area contributed by atoms with Crippen LogP contribution in [0.3, 0.4) is 0 Å². The first-order valence-corrected chi connectivity index (χ1v) is 5.54. The SMILES string of the molecule is COc1ccc(N(C)c2ccc(F)cc2)c(N)c1. The summed E-state index contributed by atoms with van der Waals surface area (Å²) < 4.78 is 18.0. The molecule has 2 aromatic rings. The Morgan fingerprint density at radius 3 is 2.33 bits per heavy atom. The van der Waals surface area contributed by atoms with Crippen molar-refractivity contribution in [3.8, 4) is 5.75 Å². The molecule has 18 heavy (non-hydrogen) atoms. The summed E-state index contributed by atoms with van der Waals surface area (Å²) in [6, 6.07) is 11.7. The summed E-state index contributed by atoms with van der Waals surface area (Å²) in [7, 11) is 3.48. The number of rotatable bonds is 3. The van der Waals surface area contributed by atoms with Crippen LogP contribution in [0.4, 0.5) is 21.5 Å². The molecular formula is C14H15FN2O. The average molecular weight is 246 g/mol. The molecule has 0 unspecified atom stereocenters. The molecule has 0 saturated carbocycles. The second kappa shape index (κ2) is 4.96. The van der Waals surface area contributed by atoms with Crippen molar-refractivity contribution in [3.63, 3.8) is 0 Å². The zero-order valence-electron chi connectivity index (χ0n) is 10.4. The molecule has 0 aliphatic heterocycles. The Hall–Kier alpha value is -2.23. The van der Waals surface area contributed by atoms with Gasteiger partial charge in [0.25, 0.3) is 0 Å². The van der Waals surface area contributed by atoms with Crippen LogP contribution in [0.2, 0.25) is 0 Å². The zero-order valence-corrected chi connectivity index (χ0v) is 10.4. The molecule has 0 aliphatic rings. The Labute approximate surface area is 106 Å². The van der Waals surface area contributed by atoms with Crippen molar-refractivity contribution in [2.75, 3.05) is 24.8 Å². The van der Waals surface area contributed by atoms with Gasteiger partial charge in [-0.3, -0.25) is 0 Å². The summed E-state index contributed by atoms with van der Waals surface area (Å²) in [6.45, 7) is 0. The lowest BCUT2D eigenvalue weighted by Crippen LogP contribution is -2.11. The molecule has 2 N–H and O–H groups in total. The minimum Gasteiger partial charge on any atom is -0.497 e. The lowest BCUT2D eigenvalue weighted by Gasteiger charge is -2.21. The summed E-state index contributed by atoms with van der Waals surface area (Å²) in [4.78, 5) is 1.90. The van der Waals surface area contributed by atoms with E-state index in [2.05, 4.69) is 0 Å². The highest BCUT2D eigenvalue weighted by Crippen LogP contribution is 2.31. The third-order valence-corrected chi connectivity index (χ3v) is 2.81. The Morgan fingerprint density at radius 2 is 1.78 bits per heavy atom. The van der Waals surface area contributed by atoms with Gasteiger partial charge in [0.2, 0.25) is 0 Å². The van der Waals surface area contributed by atoms with E-state index in [1.807, 2.05) is 24.1 Å². The topological polar surface area (TPSA) is 38.5 Å². The maximum absolute atomic E-state index is 12.9. The van der Waals surface area contributed by atoms with Crippen molar-refractivity contribution in [2.24, 2.45) is 0 Å². The number of nitrogens with two attached hydrogens (primary N) is 1. The van der Waals surface area contributed by atoms with Crippen molar-refractivity contribution >= 4 is 17.1 Å². The van der Waals surface area contributed by atoms with Gasteiger partial charge in [0.1, 0.15) is 11.6 Å². The van der Waals surface area contributed by atoms with Gasteiger partial charge < -0.3 is 15.4 Å². The summed E-state index contributed by atoms with van der Waals surface area (Å²) in [6.07, 6.45) is 0. The largest absolute Gasteiger partial charge is 0.497 e. The van der Waals surface area contributed by atoms with Gasteiger partial charge in [-0.15, -0.1) is 0 Å². The van der Waals surface area contributed by atoms with Gasteiger partial charge in [-0.1, -0.05) is 0 Å². The van der Waals surface area contributed by atoms with Crippen LogP contribution in [0.5, 0.6) is 5.75 Å². The maximum atomic E-state index is 12.9. The van der Waals surface area contributed by atoms with E-state index >= 15 is 0 Å². The molecular weight excluding hydrogens is 231 g/mol. The van der Waals surface area contributed by atoms with Gasteiger partial charge in [-0.2, -0.15) is 0 Å². The van der Waals surface area contributed by atoms with E-state index in [0.29, 0.717) is 11.4 Å². The van der Waals surface area contributed by atoms with Crippen molar-refractivity contribution in [3.05, 3.63) is 48.3 Å². The van der Waals surface area contributed by atoms with Crippen molar-refractivity contribution in [1.29, 1.82) is 0 Å². The number of ether oxygens (including phenoxy) is 1. The van der Waals surface area contributed by atoms with Crippen LogP contribution in [-0.2, 0) is 0 Å². The molecule has 3 nitrogen and oxygen atoms in total. The van der Waals surface area contributed by atoms with Crippen molar-refractivity contribution in [2.45, 2.75) is 0 Å². The van der Waals surface area contributed by atoms with E-state index in [9.17, 15) is 4.39 Å². The van der Waals surface area contributed by atoms with Gasteiger partial charge in [0.15, 0.2) is 0 Å². The molecule has 0 saturated heterocycles. The van der Waals surface area contributed by atoms with Gasteiger partial charge in [0, 0.05) is 18.8 Å². The Morgan fingerprint density at radius 1 is 1.11 bits per heavy atom. The quantitative estimate of drug-likeness (QED) is 0.845. The fraction of sp³-hybridized carbons (Fsp3) is 0.143. The van der Waals surface area contributed by atoms with Crippen LogP contribution in [0.1, 0.15) is 0 Å². The number of nitrogen functional groups attached to an aromatic ring is 1. The molecule has 0 heterocycles. The third-order valence-electron chi connectivity index (χ3n) is 2.81. The fourth-order valence-corrected chi connectivity index (χ4v) is 1.77. The Bertz CT molecular complexity index is 540. The van der Waals surface area contributed by atoms with E-state index in [1.165, 1.54) is 12.1 Å². The first-order valence-electron chi connectivity index (χ1n) is 5.54. The second-order valence-electron chi connectivity index (χ2n) is 3.96. The number of nitrogens with zero attached hydrogens (tertiary/aromatic N) is 1. The number of halogens is 1. The highest BCUT2D eigenvalue weighted by Gasteiger charge is 2.08. The van der Waals surface area contributed by atoms with Gasteiger partial charge in [-0.25, -0.2) is 4.39 Å². The zero-order chi connectivity index (χ0) is 13.1. The van der Waals surface area contributed by atoms with Crippen LogP contribution in [0, 0.1) is 5.82 Å². The summed E-state index contributed by atoms with van der Waals surface area (Å²) in [5, 5.41) is 0. The molecule has 0 radical (unpaired) electrons. The minimum atomic E-state index is -0.255. The van der Waals surface area contributed by atoms with Crippen LogP contribution in [-0.4, -0.2) is 14.2 Å². The van der Waals surface area contributed by atoms with Crippen molar-refractivity contribution in [1.82, 2.24) is 0 Å². The summed E-state index contributed by atoms with van der Waals surface area (Å²) in [5.41, 5.74) is 8.30. The minimum absolute atomic E-state index is 0.255. The first-order chi connectivity index (χ1) is 8.61. The van der Waals surface area contributed by atoms with Crippen LogP contribution in [0.25, 0.3) is 0 Å². The summed E-state index contributed by atoms with van der Waals surface area (Å²) in [5.74, 6) is 0.457. The monoisotopic (exact) mass is 246 g/mol. The number of hydrogen-bond acceptors (Lipinski definition) is 3. The molecule has 0 bridgehead atoms. The molecule has 0 atom stereocenters. The van der Waals surface area contributed by atoms with E-state index in [4.69, 9.17) is 10.5 Å². The number of anilines is 3. The van der Waals surface area contributed by atoms with E-state index in [0.717, 1.165) is 11.4 Å². The molecule has 2 aromatic carbocycles. The van der Waals surface area contributed by atoms with Crippen LogP contribution < -0.4 is 15.4 Å². The second-order valence-corrected chi connectivity index (χ2v) is 3.96. The molecule has 94 valence electrons. The molecule has 2 rings (SSSR count). The van der Waals surface area contributed by atoms with Crippen LogP contribution >= 0.6 is 0 Å². The lowest BCUT2D eigenvalue weighted by atomic mass is 10.2. The normalized spacial score (nSPS) is 10.2. The molecule has 4 heteroatoms. The molecule has 0 aromatic heterocycles.